The Hall–Kier alpha value is -1.51. The number of rotatable bonds is 4. The standard InChI is InChI=1S/C17H20ClNO/c1-4-12-5-7-13(8-6-12)17(2,19)15-11-14(18)9-10-16(15)20-3/h5-11H,4,19H2,1-3H3. The van der Waals surface area contributed by atoms with Gasteiger partial charge in [-0.1, -0.05) is 42.8 Å². The monoisotopic (exact) mass is 289 g/mol. The van der Waals surface area contributed by atoms with Crippen molar-refractivity contribution in [2.75, 3.05) is 7.11 Å². The smallest absolute Gasteiger partial charge is 0.124 e. The molecule has 0 bridgehead atoms. The fourth-order valence-electron chi connectivity index (χ4n) is 2.33. The van der Waals surface area contributed by atoms with Gasteiger partial charge in [0.15, 0.2) is 0 Å². The van der Waals surface area contributed by atoms with Crippen LogP contribution in [0.4, 0.5) is 0 Å². The molecule has 0 aromatic heterocycles. The third-order valence-corrected chi connectivity index (χ3v) is 3.92. The molecule has 0 spiro atoms. The molecule has 0 aliphatic heterocycles. The van der Waals surface area contributed by atoms with Crippen molar-refractivity contribution in [3.63, 3.8) is 0 Å². The fraction of sp³-hybridized carbons (Fsp3) is 0.294. The molecule has 0 radical (unpaired) electrons. The number of hydrogen-bond acceptors (Lipinski definition) is 2. The summed E-state index contributed by atoms with van der Waals surface area (Å²) in [5.74, 6) is 0.749. The van der Waals surface area contributed by atoms with E-state index < -0.39 is 5.54 Å². The van der Waals surface area contributed by atoms with Crippen LogP contribution in [-0.4, -0.2) is 7.11 Å². The van der Waals surface area contributed by atoms with Gasteiger partial charge >= 0.3 is 0 Å². The molecule has 2 N–H and O–H groups in total. The van der Waals surface area contributed by atoms with Gasteiger partial charge in [0.2, 0.25) is 0 Å². The Balaban J connectivity index is 2.50. The van der Waals surface area contributed by atoms with Gasteiger partial charge in [-0.25, -0.2) is 0 Å². The first kappa shape index (κ1) is 14.9. The zero-order valence-corrected chi connectivity index (χ0v) is 12.9. The third kappa shape index (κ3) is 2.82. The molecule has 20 heavy (non-hydrogen) atoms. The van der Waals surface area contributed by atoms with Crippen molar-refractivity contribution in [1.82, 2.24) is 0 Å². The minimum Gasteiger partial charge on any atom is -0.496 e. The molecule has 2 aromatic rings. The Labute approximate surface area is 125 Å². The van der Waals surface area contributed by atoms with Crippen LogP contribution in [0.15, 0.2) is 42.5 Å². The first-order valence-electron chi connectivity index (χ1n) is 6.71. The number of halogens is 1. The summed E-state index contributed by atoms with van der Waals surface area (Å²) in [6.07, 6.45) is 1.02. The number of aryl methyl sites for hydroxylation is 1. The Morgan fingerprint density at radius 2 is 1.80 bits per heavy atom. The second-order valence-corrected chi connectivity index (χ2v) is 5.53. The highest BCUT2D eigenvalue weighted by Crippen LogP contribution is 2.35. The van der Waals surface area contributed by atoms with Crippen LogP contribution in [0, 0.1) is 0 Å². The second-order valence-electron chi connectivity index (χ2n) is 5.10. The quantitative estimate of drug-likeness (QED) is 0.918. The molecule has 3 heteroatoms. The molecule has 2 rings (SSSR count). The van der Waals surface area contributed by atoms with Gasteiger partial charge < -0.3 is 10.5 Å². The van der Waals surface area contributed by atoms with Crippen molar-refractivity contribution in [2.24, 2.45) is 5.73 Å². The van der Waals surface area contributed by atoms with Crippen molar-refractivity contribution < 1.29 is 4.74 Å². The molecule has 0 fully saturated rings. The largest absolute Gasteiger partial charge is 0.496 e. The van der Waals surface area contributed by atoms with Gasteiger partial charge in [-0.3, -0.25) is 0 Å². The first-order chi connectivity index (χ1) is 9.48. The lowest BCUT2D eigenvalue weighted by molar-refractivity contribution is 0.399. The maximum atomic E-state index is 6.56. The van der Waals surface area contributed by atoms with E-state index in [2.05, 4.69) is 31.2 Å². The highest BCUT2D eigenvalue weighted by molar-refractivity contribution is 6.30. The van der Waals surface area contributed by atoms with E-state index >= 15 is 0 Å². The highest BCUT2D eigenvalue weighted by Gasteiger charge is 2.27. The summed E-state index contributed by atoms with van der Waals surface area (Å²) < 4.78 is 5.41. The molecule has 1 unspecified atom stereocenters. The normalized spacial score (nSPS) is 13.8. The zero-order chi connectivity index (χ0) is 14.8. The van der Waals surface area contributed by atoms with E-state index in [1.807, 2.05) is 19.1 Å². The Morgan fingerprint density at radius 1 is 1.15 bits per heavy atom. The average molecular weight is 290 g/mol. The van der Waals surface area contributed by atoms with E-state index in [0.29, 0.717) is 5.02 Å². The molecule has 0 saturated carbocycles. The van der Waals surface area contributed by atoms with E-state index in [0.717, 1.165) is 23.3 Å². The molecular weight excluding hydrogens is 270 g/mol. The van der Waals surface area contributed by atoms with Crippen LogP contribution >= 0.6 is 11.6 Å². The van der Waals surface area contributed by atoms with Gasteiger partial charge in [-0.05, 0) is 42.7 Å². The average Bonchev–Trinajstić information content (AvgIpc) is 2.47. The Morgan fingerprint density at radius 3 is 2.35 bits per heavy atom. The summed E-state index contributed by atoms with van der Waals surface area (Å²) in [5, 5.41) is 0.655. The van der Waals surface area contributed by atoms with Crippen LogP contribution in [0.1, 0.15) is 30.5 Å². The summed E-state index contributed by atoms with van der Waals surface area (Å²) in [7, 11) is 1.64. The zero-order valence-electron chi connectivity index (χ0n) is 12.1. The van der Waals surface area contributed by atoms with Crippen LogP contribution < -0.4 is 10.5 Å². The van der Waals surface area contributed by atoms with Crippen LogP contribution in [0.25, 0.3) is 0 Å². The van der Waals surface area contributed by atoms with Gasteiger partial charge in [-0.2, -0.15) is 0 Å². The van der Waals surface area contributed by atoms with Crippen LogP contribution in [0.2, 0.25) is 5.02 Å². The molecular formula is C17H20ClNO. The van der Waals surface area contributed by atoms with Crippen molar-refractivity contribution in [3.8, 4) is 5.75 Å². The SMILES string of the molecule is CCc1ccc(C(C)(N)c2cc(Cl)ccc2OC)cc1. The second kappa shape index (κ2) is 5.86. The van der Waals surface area contributed by atoms with Gasteiger partial charge in [-0.15, -0.1) is 0 Å². The molecule has 0 amide bonds. The molecule has 106 valence electrons. The van der Waals surface area contributed by atoms with Crippen molar-refractivity contribution in [1.29, 1.82) is 0 Å². The summed E-state index contributed by atoms with van der Waals surface area (Å²) in [6.45, 7) is 4.11. The topological polar surface area (TPSA) is 35.2 Å². The van der Waals surface area contributed by atoms with Crippen LogP contribution in [-0.2, 0) is 12.0 Å². The number of methoxy groups -OCH3 is 1. The van der Waals surface area contributed by atoms with Gasteiger partial charge in [0.1, 0.15) is 5.75 Å². The summed E-state index contributed by atoms with van der Waals surface area (Å²) in [6, 6.07) is 13.9. The molecule has 2 nitrogen and oxygen atoms in total. The number of benzene rings is 2. The molecule has 2 aromatic carbocycles. The number of ether oxygens (including phenoxy) is 1. The molecule has 0 aliphatic rings. The summed E-state index contributed by atoms with van der Waals surface area (Å²) >= 11 is 6.10. The van der Waals surface area contributed by atoms with E-state index in [4.69, 9.17) is 22.1 Å². The lowest BCUT2D eigenvalue weighted by atomic mass is 9.84. The minimum absolute atomic E-state index is 0.650. The van der Waals surface area contributed by atoms with Crippen molar-refractivity contribution in [3.05, 3.63) is 64.2 Å². The lowest BCUT2D eigenvalue weighted by Gasteiger charge is -2.28. The molecule has 0 heterocycles. The Bertz CT molecular complexity index is 590. The maximum Gasteiger partial charge on any atom is 0.124 e. The maximum absolute atomic E-state index is 6.56. The Kier molecular flexibility index (Phi) is 4.36. The van der Waals surface area contributed by atoms with E-state index in [9.17, 15) is 0 Å². The minimum atomic E-state index is -0.650. The summed E-state index contributed by atoms with van der Waals surface area (Å²) in [4.78, 5) is 0. The van der Waals surface area contributed by atoms with E-state index in [1.165, 1.54) is 5.56 Å². The van der Waals surface area contributed by atoms with Crippen LogP contribution in [0.5, 0.6) is 5.75 Å². The van der Waals surface area contributed by atoms with Gasteiger partial charge in [0, 0.05) is 10.6 Å². The van der Waals surface area contributed by atoms with Crippen molar-refractivity contribution >= 4 is 11.6 Å². The van der Waals surface area contributed by atoms with E-state index in [1.54, 1.807) is 13.2 Å². The third-order valence-electron chi connectivity index (χ3n) is 3.68. The lowest BCUT2D eigenvalue weighted by Crippen LogP contribution is -2.34. The van der Waals surface area contributed by atoms with Crippen LogP contribution in [0.3, 0.4) is 0 Å². The number of nitrogens with two attached hydrogens (primary N) is 1. The van der Waals surface area contributed by atoms with E-state index in [-0.39, 0.29) is 0 Å². The number of hydrogen-bond donors (Lipinski definition) is 1. The predicted octanol–water partition coefficient (Wildman–Crippen LogP) is 4.13. The van der Waals surface area contributed by atoms with Gasteiger partial charge in [0.05, 0.1) is 12.6 Å². The predicted molar refractivity (Wildman–Crippen MR) is 84.5 cm³/mol. The summed E-state index contributed by atoms with van der Waals surface area (Å²) in [5.41, 5.74) is 9.12. The van der Waals surface area contributed by atoms with Crippen molar-refractivity contribution in [2.45, 2.75) is 25.8 Å². The fourth-order valence-corrected chi connectivity index (χ4v) is 2.50. The molecule has 1 atom stereocenters. The van der Waals surface area contributed by atoms with Gasteiger partial charge in [0.25, 0.3) is 0 Å². The highest BCUT2D eigenvalue weighted by atomic mass is 35.5. The first-order valence-corrected chi connectivity index (χ1v) is 7.09. The molecule has 0 aliphatic carbocycles. The molecule has 0 saturated heterocycles.